The quantitative estimate of drug-likeness (QED) is 0.710. The lowest BCUT2D eigenvalue weighted by molar-refractivity contribution is 0.532. The number of furan rings is 1. The van der Waals surface area contributed by atoms with Gasteiger partial charge in [-0.3, -0.25) is 0 Å². The van der Waals surface area contributed by atoms with Crippen molar-refractivity contribution in [3.05, 3.63) is 58.0 Å². The molecule has 0 saturated carbocycles. The molecule has 0 aliphatic carbocycles. The van der Waals surface area contributed by atoms with E-state index in [9.17, 15) is 0 Å². The molecule has 0 bridgehead atoms. The highest BCUT2D eigenvalue weighted by Gasteiger charge is 2.17. The van der Waals surface area contributed by atoms with Gasteiger partial charge < -0.3 is 4.42 Å². The summed E-state index contributed by atoms with van der Waals surface area (Å²) in [6.07, 6.45) is 1.83. The number of benzene rings is 1. The van der Waals surface area contributed by atoms with Gasteiger partial charge in [0.05, 0.1) is 11.1 Å². The second-order valence-corrected chi connectivity index (χ2v) is 5.58. The highest BCUT2D eigenvalue weighted by atomic mass is 79.9. The van der Waals surface area contributed by atoms with Crippen LogP contribution in [-0.4, -0.2) is 0 Å². The van der Waals surface area contributed by atoms with Gasteiger partial charge in [-0.1, -0.05) is 33.6 Å². The third-order valence-electron chi connectivity index (χ3n) is 3.03. The molecule has 0 fully saturated rings. The summed E-state index contributed by atoms with van der Waals surface area (Å²) in [7, 11) is 0. The Morgan fingerprint density at radius 3 is 2.06 bits per heavy atom. The van der Waals surface area contributed by atoms with Crippen LogP contribution in [0.5, 0.6) is 0 Å². The van der Waals surface area contributed by atoms with Gasteiger partial charge in [0.15, 0.2) is 0 Å². The van der Waals surface area contributed by atoms with Gasteiger partial charge in [-0.2, -0.15) is 0 Å². The fourth-order valence-corrected chi connectivity index (χ4v) is 3.32. The van der Waals surface area contributed by atoms with Crippen LogP contribution in [0.15, 0.2) is 28.9 Å². The van der Waals surface area contributed by atoms with Crippen LogP contribution in [0.2, 0.25) is 0 Å². The minimum Gasteiger partial charge on any atom is -0.469 e. The molecule has 1 atom stereocenters. The molecule has 1 unspecified atom stereocenters. The van der Waals surface area contributed by atoms with Crippen LogP contribution in [0.1, 0.15) is 38.4 Å². The Hall–Kier alpha value is -1.02. The second kappa shape index (κ2) is 4.69. The fourth-order valence-electron chi connectivity index (χ4n) is 2.35. The molecule has 1 aromatic heterocycles. The highest BCUT2D eigenvalue weighted by Crippen LogP contribution is 2.36. The molecule has 90 valence electrons. The molecular weight excluding hydrogens is 276 g/mol. The van der Waals surface area contributed by atoms with E-state index in [0.29, 0.717) is 0 Å². The van der Waals surface area contributed by atoms with Gasteiger partial charge in [0, 0.05) is 5.56 Å². The predicted octanol–water partition coefficient (Wildman–Crippen LogP) is 5.00. The average Bonchev–Trinajstić information content (AvgIpc) is 2.63. The largest absolute Gasteiger partial charge is 0.469 e. The van der Waals surface area contributed by atoms with Gasteiger partial charge in [-0.25, -0.2) is 0 Å². The summed E-state index contributed by atoms with van der Waals surface area (Å²) in [6.45, 7) is 8.43. The second-order valence-electron chi connectivity index (χ2n) is 4.67. The molecular formula is C15H17BrO. The summed E-state index contributed by atoms with van der Waals surface area (Å²) in [5, 5.41) is 0. The van der Waals surface area contributed by atoms with E-state index in [1.54, 1.807) is 0 Å². The Morgan fingerprint density at radius 2 is 1.59 bits per heavy atom. The number of hydrogen-bond donors (Lipinski definition) is 0. The lowest BCUT2D eigenvalue weighted by Gasteiger charge is -2.15. The zero-order valence-corrected chi connectivity index (χ0v) is 12.3. The Labute approximate surface area is 111 Å². The molecule has 1 nitrogen and oxygen atoms in total. The first-order valence-corrected chi connectivity index (χ1v) is 6.67. The molecule has 0 radical (unpaired) electrons. The number of rotatable bonds is 2. The minimum absolute atomic E-state index is 0.209. The molecule has 0 spiro atoms. The van der Waals surface area contributed by atoms with Crippen molar-refractivity contribution in [1.29, 1.82) is 0 Å². The number of aryl methyl sites for hydroxylation is 4. The SMILES string of the molecule is Cc1cc(C)c(C(Br)c2coc(C)c2)c(C)c1. The van der Waals surface area contributed by atoms with Crippen molar-refractivity contribution >= 4 is 15.9 Å². The minimum atomic E-state index is 0.209. The van der Waals surface area contributed by atoms with Crippen molar-refractivity contribution < 1.29 is 4.42 Å². The molecule has 0 aliphatic rings. The maximum Gasteiger partial charge on any atom is 0.101 e. The van der Waals surface area contributed by atoms with Crippen molar-refractivity contribution in [3.63, 3.8) is 0 Å². The van der Waals surface area contributed by atoms with Crippen LogP contribution >= 0.6 is 15.9 Å². The maximum absolute atomic E-state index is 5.38. The lowest BCUT2D eigenvalue weighted by atomic mass is 9.95. The van der Waals surface area contributed by atoms with E-state index in [4.69, 9.17) is 4.42 Å². The van der Waals surface area contributed by atoms with Crippen LogP contribution in [0.25, 0.3) is 0 Å². The van der Waals surface area contributed by atoms with E-state index in [2.05, 4.69) is 54.9 Å². The van der Waals surface area contributed by atoms with E-state index in [-0.39, 0.29) is 4.83 Å². The lowest BCUT2D eigenvalue weighted by Crippen LogP contribution is -1.99. The van der Waals surface area contributed by atoms with Crippen LogP contribution in [0.4, 0.5) is 0 Å². The number of halogens is 1. The third kappa shape index (κ3) is 2.47. The van der Waals surface area contributed by atoms with Gasteiger partial charge in [0.25, 0.3) is 0 Å². The van der Waals surface area contributed by atoms with Gasteiger partial charge in [-0.15, -0.1) is 0 Å². The van der Waals surface area contributed by atoms with Crippen molar-refractivity contribution in [2.24, 2.45) is 0 Å². The zero-order chi connectivity index (χ0) is 12.6. The number of alkyl halides is 1. The molecule has 0 aliphatic heterocycles. The van der Waals surface area contributed by atoms with Crippen LogP contribution in [-0.2, 0) is 0 Å². The van der Waals surface area contributed by atoms with Crippen LogP contribution in [0, 0.1) is 27.7 Å². The first-order valence-electron chi connectivity index (χ1n) is 5.76. The van der Waals surface area contributed by atoms with Gasteiger partial charge in [-0.05, 0) is 50.5 Å². The summed E-state index contributed by atoms with van der Waals surface area (Å²) in [5.41, 5.74) is 6.48. The molecule has 0 saturated heterocycles. The molecule has 2 rings (SSSR count). The first kappa shape index (κ1) is 12.4. The smallest absolute Gasteiger partial charge is 0.101 e. The topological polar surface area (TPSA) is 13.1 Å². The standard InChI is InChI=1S/C15H17BrO/c1-9-5-10(2)14(11(3)6-9)15(16)13-7-12(4)17-8-13/h5-8,15H,1-4H3. The van der Waals surface area contributed by atoms with E-state index >= 15 is 0 Å². The fraction of sp³-hybridized carbons (Fsp3) is 0.333. The molecule has 0 N–H and O–H groups in total. The summed E-state index contributed by atoms with van der Waals surface area (Å²) < 4.78 is 5.38. The van der Waals surface area contributed by atoms with Gasteiger partial charge in [0.2, 0.25) is 0 Å². The zero-order valence-electron chi connectivity index (χ0n) is 10.7. The molecule has 2 aromatic rings. The molecule has 1 heterocycles. The first-order chi connectivity index (χ1) is 7.99. The van der Waals surface area contributed by atoms with E-state index in [1.165, 1.54) is 27.8 Å². The van der Waals surface area contributed by atoms with Crippen molar-refractivity contribution in [3.8, 4) is 0 Å². The van der Waals surface area contributed by atoms with Gasteiger partial charge in [0.1, 0.15) is 5.76 Å². The highest BCUT2D eigenvalue weighted by molar-refractivity contribution is 9.09. The molecule has 0 amide bonds. The number of hydrogen-bond acceptors (Lipinski definition) is 1. The van der Waals surface area contributed by atoms with E-state index < -0.39 is 0 Å². The maximum atomic E-state index is 5.38. The van der Waals surface area contributed by atoms with Crippen LogP contribution in [0.3, 0.4) is 0 Å². The van der Waals surface area contributed by atoms with Gasteiger partial charge >= 0.3 is 0 Å². The monoisotopic (exact) mass is 292 g/mol. The Bertz CT molecular complexity index is 517. The third-order valence-corrected chi connectivity index (χ3v) is 4.02. The Morgan fingerprint density at radius 1 is 1.00 bits per heavy atom. The average molecular weight is 293 g/mol. The van der Waals surface area contributed by atoms with Crippen LogP contribution < -0.4 is 0 Å². The van der Waals surface area contributed by atoms with E-state index in [0.717, 1.165) is 5.76 Å². The van der Waals surface area contributed by atoms with Crippen molar-refractivity contribution in [2.45, 2.75) is 32.5 Å². The molecule has 17 heavy (non-hydrogen) atoms. The van der Waals surface area contributed by atoms with Crippen molar-refractivity contribution in [2.75, 3.05) is 0 Å². The summed E-state index contributed by atoms with van der Waals surface area (Å²) >= 11 is 3.77. The predicted molar refractivity (Wildman–Crippen MR) is 74.9 cm³/mol. The summed E-state index contributed by atoms with van der Waals surface area (Å²) in [4.78, 5) is 0.209. The molecule has 1 aromatic carbocycles. The van der Waals surface area contributed by atoms with E-state index in [1.807, 2.05) is 13.2 Å². The summed E-state index contributed by atoms with van der Waals surface area (Å²) in [5.74, 6) is 0.951. The van der Waals surface area contributed by atoms with Crippen molar-refractivity contribution in [1.82, 2.24) is 0 Å². The Kier molecular flexibility index (Phi) is 3.43. The Balaban J connectivity index is 2.47. The summed E-state index contributed by atoms with van der Waals surface area (Å²) in [6, 6.07) is 6.53. The molecule has 2 heteroatoms. The normalized spacial score (nSPS) is 12.8.